The van der Waals surface area contributed by atoms with Crippen molar-refractivity contribution in [3.63, 3.8) is 0 Å². The molecule has 140 valence electrons. The molecule has 7 heteroatoms. The molecule has 0 aromatic heterocycles. The zero-order chi connectivity index (χ0) is 18.6. The van der Waals surface area contributed by atoms with Crippen LogP contribution in [0.25, 0.3) is 0 Å². The Kier molecular flexibility index (Phi) is 6.32. The lowest BCUT2D eigenvalue weighted by Gasteiger charge is -2.27. The molecule has 0 heterocycles. The van der Waals surface area contributed by atoms with E-state index in [-0.39, 0.29) is 30.6 Å². The van der Waals surface area contributed by atoms with E-state index in [0.29, 0.717) is 25.0 Å². The lowest BCUT2D eigenvalue weighted by molar-refractivity contribution is -0.131. The Morgan fingerprint density at radius 3 is 2.48 bits per heavy atom. The highest BCUT2D eigenvalue weighted by Crippen LogP contribution is 2.35. The Hall–Kier alpha value is -1.76. The molecule has 0 N–H and O–H groups in total. The Morgan fingerprint density at radius 1 is 1.24 bits per heavy atom. The van der Waals surface area contributed by atoms with E-state index in [9.17, 15) is 14.4 Å². The average Bonchev–Trinajstić information content (AvgIpc) is 3.34. The lowest BCUT2D eigenvalue weighted by Crippen LogP contribution is -2.40. The smallest absolute Gasteiger partial charge is 0.430 e. The van der Waals surface area contributed by atoms with Gasteiger partial charge in [0.15, 0.2) is 5.78 Å². The highest BCUT2D eigenvalue weighted by Gasteiger charge is 2.42. The van der Waals surface area contributed by atoms with E-state index in [2.05, 4.69) is 5.10 Å². The number of rotatable bonds is 6. The number of Topliss-reactive ketones (excluding diaryl/α,β-unsaturated/α-hetero) is 2. The van der Waals surface area contributed by atoms with Crippen LogP contribution in [0, 0.1) is 11.8 Å². The van der Waals surface area contributed by atoms with Crippen LogP contribution in [0.5, 0.6) is 0 Å². The highest BCUT2D eigenvalue weighted by molar-refractivity contribution is 6.23. The molecular weight excluding hydrogens is 324 g/mol. The predicted molar refractivity (Wildman–Crippen MR) is 92.3 cm³/mol. The summed E-state index contributed by atoms with van der Waals surface area (Å²) in [5, 5.41) is 5.55. The van der Waals surface area contributed by atoms with Crippen molar-refractivity contribution in [2.45, 2.75) is 58.5 Å². The maximum absolute atomic E-state index is 12.5. The van der Waals surface area contributed by atoms with Crippen molar-refractivity contribution in [2.75, 3.05) is 20.3 Å². The van der Waals surface area contributed by atoms with E-state index < -0.39 is 17.6 Å². The minimum Gasteiger partial charge on any atom is -0.442 e. The third kappa shape index (κ3) is 5.63. The van der Waals surface area contributed by atoms with Gasteiger partial charge in [-0.05, 0) is 46.5 Å². The topological polar surface area (TPSA) is 85.3 Å². The second-order valence-corrected chi connectivity index (χ2v) is 7.62. The van der Waals surface area contributed by atoms with Gasteiger partial charge in [-0.15, -0.1) is 0 Å². The van der Waals surface area contributed by atoms with Crippen LogP contribution in [0.3, 0.4) is 0 Å². The van der Waals surface area contributed by atoms with Crippen LogP contribution in [0.2, 0.25) is 0 Å². The van der Waals surface area contributed by atoms with Crippen molar-refractivity contribution in [1.82, 2.24) is 5.01 Å². The fourth-order valence-electron chi connectivity index (χ4n) is 2.78. The average molecular weight is 352 g/mol. The minimum absolute atomic E-state index is 0.0220. The van der Waals surface area contributed by atoms with Crippen LogP contribution in [0.15, 0.2) is 5.10 Å². The lowest BCUT2D eigenvalue weighted by atomic mass is 9.82. The molecule has 1 unspecified atom stereocenters. The Bertz CT molecular complexity index is 560. The number of carbonyl (C=O) groups excluding carboxylic acids is 3. The molecule has 0 aromatic carbocycles. The molecule has 2 aliphatic rings. The number of amides is 1. The van der Waals surface area contributed by atoms with Crippen LogP contribution in [0.4, 0.5) is 4.79 Å². The first kappa shape index (κ1) is 19.6. The van der Waals surface area contributed by atoms with Gasteiger partial charge in [0.1, 0.15) is 17.3 Å². The first-order chi connectivity index (χ1) is 11.7. The van der Waals surface area contributed by atoms with E-state index in [1.807, 2.05) is 0 Å². The molecule has 0 spiro atoms. The molecule has 2 rings (SSSR count). The Balaban J connectivity index is 2.22. The third-order valence-electron chi connectivity index (χ3n) is 4.14. The molecule has 0 bridgehead atoms. The van der Waals surface area contributed by atoms with Gasteiger partial charge in [-0.3, -0.25) is 9.59 Å². The van der Waals surface area contributed by atoms with E-state index >= 15 is 0 Å². The van der Waals surface area contributed by atoms with Crippen LogP contribution in [0.1, 0.15) is 52.9 Å². The summed E-state index contributed by atoms with van der Waals surface area (Å²) in [6.45, 7) is 5.81. The zero-order valence-corrected chi connectivity index (χ0v) is 15.5. The van der Waals surface area contributed by atoms with Crippen molar-refractivity contribution in [1.29, 1.82) is 0 Å². The molecule has 7 nitrogen and oxygen atoms in total. The summed E-state index contributed by atoms with van der Waals surface area (Å²) in [5.41, 5.74) is -0.177. The minimum atomic E-state index is -0.797. The van der Waals surface area contributed by atoms with Crippen LogP contribution >= 0.6 is 0 Å². The largest absolute Gasteiger partial charge is 0.442 e. The molecule has 0 aromatic rings. The molecule has 2 fully saturated rings. The second kappa shape index (κ2) is 8.08. The van der Waals surface area contributed by atoms with Gasteiger partial charge in [0.05, 0.1) is 18.9 Å². The van der Waals surface area contributed by atoms with Gasteiger partial charge in [0.25, 0.3) is 0 Å². The molecule has 2 saturated carbocycles. The van der Waals surface area contributed by atoms with Crippen molar-refractivity contribution < 1.29 is 23.9 Å². The van der Waals surface area contributed by atoms with E-state index in [4.69, 9.17) is 9.47 Å². The fourth-order valence-corrected chi connectivity index (χ4v) is 2.78. The predicted octanol–water partition coefficient (Wildman–Crippen LogP) is 2.57. The Morgan fingerprint density at radius 2 is 1.92 bits per heavy atom. The summed E-state index contributed by atoms with van der Waals surface area (Å²) in [5.74, 6) is -0.947. The standard InChI is InChI=1S/C18H28N2O5/c1-18(2,3)25-17(23)20(10-11-24-4)19-13-6-5-7-14(21)15(13)16(22)12-8-9-12/h12,15H,5-11H2,1-4H3/b19-13+. The van der Waals surface area contributed by atoms with E-state index in [1.165, 1.54) is 12.1 Å². The quantitative estimate of drug-likeness (QED) is 0.542. The second-order valence-electron chi connectivity index (χ2n) is 7.62. The molecule has 2 aliphatic carbocycles. The van der Waals surface area contributed by atoms with Gasteiger partial charge >= 0.3 is 6.09 Å². The first-order valence-corrected chi connectivity index (χ1v) is 8.86. The maximum atomic E-state index is 12.5. The highest BCUT2D eigenvalue weighted by atomic mass is 16.6. The van der Waals surface area contributed by atoms with Crippen molar-refractivity contribution in [2.24, 2.45) is 16.9 Å². The van der Waals surface area contributed by atoms with Crippen molar-refractivity contribution in [3.05, 3.63) is 0 Å². The number of ether oxygens (including phenoxy) is 2. The van der Waals surface area contributed by atoms with Gasteiger partial charge in [-0.1, -0.05) is 0 Å². The van der Waals surface area contributed by atoms with Gasteiger partial charge in [-0.2, -0.15) is 10.1 Å². The van der Waals surface area contributed by atoms with Gasteiger partial charge in [0, 0.05) is 19.4 Å². The van der Waals surface area contributed by atoms with E-state index in [1.54, 1.807) is 20.8 Å². The van der Waals surface area contributed by atoms with Gasteiger partial charge in [0.2, 0.25) is 0 Å². The van der Waals surface area contributed by atoms with Gasteiger partial charge < -0.3 is 9.47 Å². The monoisotopic (exact) mass is 352 g/mol. The van der Waals surface area contributed by atoms with Gasteiger partial charge in [-0.25, -0.2) is 4.79 Å². The molecule has 1 atom stereocenters. The number of hydrogen-bond acceptors (Lipinski definition) is 6. The van der Waals surface area contributed by atoms with Crippen molar-refractivity contribution >= 4 is 23.4 Å². The number of hydrogen-bond donors (Lipinski definition) is 0. The molecule has 1 amide bonds. The number of carbonyl (C=O) groups is 3. The summed E-state index contributed by atoms with van der Waals surface area (Å²) in [6, 6.07) is 0. The number of ketones is 2. The molecule has 0 radical (unpaired) electrons. The van der Waals surface area contributed by atoms with E-state index in [0.717, 1.165) is 12.8 Å². The zero-order valence-electron chi connectivity index (χ0n) is 15.5. The van der Waals surface area contributed by atoms with Crippen LogP contribution in [-0.2, 0) is 19.1 Å². The SMILES string of the molecule is COCCN(/N=C1\CCCC(=O)C1C(=O)C1CC1)C(=O)OC(C)(C)C. The summed E-state index contributed by atoms with van der Waals surface area (Å²) in [6.07, 6.45) is 2.67. The number of nitrogens with zero attached hydrogens (tertiary/aromatic N) is 2. The summed E-state index contributed by atoms with van der Waals surface area (Å²) < 4.78 is 10.4. The number of hydrazone groups is 1. The molecular formula is C18H28N2O5. The fraction of sp³-hybridized carbons (Fsp3) is 0.778. The first-order valence-electron chi connectivity index (χ1n) is 8.86. The molecule has 25 heavy (non-hydrogen) atoms. The summed E-state index contributed by atoms with van der Waals surface area (Å²) >= 11 is 0. The van der Waals surface area contributed by atoms with Crippen molar-refractivity contribution in [3.8, 4) is 0 Å². The normalized spacial score (nSPS) is 22.8. The number of methoxy groups -OCH3 is 1. The van der Waals surface area contributed by atoms with Crippen LogP contribution < -0.4 is 0 Å². The molecule has 0 aliphatic heterocycles. The summed E-state index contributed by atoms with van der Waals surface area (Å²) in [7, 11) is 1.53. The molecule has 0 saturated heterocycles. The third-order valence-corrected chi connectivity index (χ3v) is 4.14. The Labute approximate surface area is 148 Å². The maximum Gasteiger partial charge on any atom is 0.430 e. The van der Waals surface area contributed by atoms with Crippen LogP contribution in [-0.4, -0.2) is 54.2 Å². The summed E-state index contributed by atoms with van der Waals surface area (Å²) in [4.78, 5) is 37.2.